The number of nitrogens with one attached hydrogen (secondary N) is 1. The molecule has 1 aliphatic heterocycles. The van der Waals surface area contributed by atoms with Crippen molar-refractivity contribution in [3.05, 3.63) is 29.6 Å². The van der Waals surface area contributed by atoms with Crippen molar-refractivity contribution in [3.8, 4) is 0 Å². The van der Waals surface area contributed by atoms with Crippen LogP contribution < -0.4 is 5.32 Å². The lowest BCUT2D eigenvalue weighted by Crippen LogP contribution is -2.39. The van der Waals surface area contributed by atoms with Crippen LogP contribution in [0.3, 0.4) is 0 Å². The van der Waals surface area contributed by atoms with Crippen LogP contribution in [0.2, 0.25) is 0 Å². The largest absolute Gasteiger partial charge is 0.319 e. The van der Waals surface area contributed by atoms with Gasteiger partial charge in [-0.2, -0.15) is 0 Å². The summed E-state index contributed by atoms with van der Waals surface area (Å²) in [6, 6.07) is 4.87. The molecule has 0 radical (unpaired) electrons. The Hall–Kier alpha value is -0.930. The van der Waals surface area contributed by atoms with Gasteiger partial charge in [-0.15, -0.1) is 0 Å². The van der Waals surface area contributed by atoms with Crippen molar-refractivity contribution in [3.63, 3.8) is 0 Å². The number of likely N-dealkylation sites (tertiary alicyclic amines) is 1. The van der Waals surface area contributed by atoms with E-state index in [1.165, 1.54) is 24.9 Å². The van der Waals surface area contributed by atoms with Crippen LogP contribution >= 0.6 is 0 Å². The van der Waals surface area contributed by atoms with Crippen molar-refractivity contribution < 1.29 is 0 Å². The second-order valence-corrected chi connectivity index (χ2v) is 5.12. The summed E-state index contributed by atoms with van der Waals surface area (Å²) in [7, 11) is 4.27. The topological polar surface area (TPSA) is 28.2 Å². The van der Waals surface area contributed by atoms with Crippen molar-refractivity contribution in [1.82, 2.24) is 15.2 Å². The summed E-state index contributed by atoms with van der Waals surface area (Å²) in [5.74, 6) is 0.697. The monoisotopic (exact) mass is 233 g/mol. The lowest BCUT2D eigenvalue weighted by Gasteiger charge is -2.39. The zero-order valence-corrected chi connectivity index (χ0v) is 11.1. The fourth-order valence-corrected chi connectivity index (χ4v) is 2.92. The molecule has 2 rings (SSSR count). The van der Waals surface area contributed by atoms with Gasteiger partial charge < -0.3 is 5.32 Å². The summed E-state index contributed by atoms with van der Waals surface area (Å²) in [6.45, 7) is 4.32. The highest BCUT2D eigenvalue weighted by atomic mass is 15.1. The quantitative estimate of drug-likeness (QED) is 0.865. The maximum absolute atomic E-state index is 4.44. The predicted molar refractivity (Wildman–Crippen MR) is 71.0 cm³/mol. The first-order chi connectivity index (χ1) is 8.22. The second kappa shape index (κ2) is 5.61. The zero-order valence-electron chi connectivity index (χ0n) is 11.1. The lowest BCUT2D eigenvalue weighted by molar-refractivity contribution is 0.120. The third kappa shape index (κ3) is 2.85. The molecule has 1 fully saturated rings. The highest BCUT2D eigenvalue weighted by Gasteiger charge is 2.29. The fraction of sp³-hybridized carbons (Fsp3) is 0.643. The van der Waals surface area contributed by atoms with Gasteiger partial charge in [0, 0.05) is 17.9 Å². The van der Waals surface area contributed by atoms with Gasteiger partial charge in [-0.25, -0.2) is 0 Å². The Bertz CT molecular complexity index is 345. The van der Waals surface area contributed by atoms with Crippen LogP contribution in [-0.2, 0) is 0 Å². The first-order valence-electron chi connectivity index (χ1n) is 6.49. The van der Waals surface area contributed by atoms with E-state index in [1.807, 2.05) is 20.2 Å². The summed E-state index contributed by atoms with van der Waals surface area (Å²) >= 11 is 0. The molecule has 0 bridgehead atoms. The van der Waals surface area contributed by atoms with Gasteiger partial charge in [-0.05, 0) is 64.5 Å². The lowest BCUT2D eigenvalue weighted by atomic mass is 9.85. The van der Waals surface area contributed by atoms with Gasteiger partial charge in [0.1, 0.15) is 0 Å². The van der Waals surface area contributed by atoms with Crippen LogP contribution in [-0.4, -0.2) is 37.1 Å². The van der Waals surface area contributed by atoms with E-state index in [0.717, 1.165) is 12.2 Å². The molecule has 2 unspecified atom stereocenters. The maximum atomic E-state index is 4.44. The number of rotatable bonds is 3. The van der Waals surface area contributed by atoms with Gasteiger partial charge in [0.25, 0.3) is 0 Å². The van der Waals surface area contributed by atoms with E-state index in [1.54, 1.807) is 0 Å². The highest BCUT2D eigenvalue weighted by Crippen LogP contribution is 2.34. The van der Waals surface area contributed by atoms with Crippen LogP contribution in [0.25, 0.3) is 0 Å². The number of piperidine rings is 1. The predicted octanol–water partition coefficient (Wildman–Crippen LogP) is 1.99. The standard InChI is InChI=1S/C14H23N3/c1-11-6-7-13(10-16-11)14-12(9-15-2)5-4-8-17(14)3/h6-7,10,12,14-15H,4-5,8-9H2,1-3H3. The highest BCUT2D eigenvalue weighted by molar-refractivity contribution is 5.19. The zero-order chi connectivity index (χ0) is 12.3. The Morgan fingerprint density at radius 3 is 2.94 bits per heavy atom. The van der Waals surface area contributed by atoms with Crippen molar-refractivity contribution in [1.29, 1.82) is 0 Å². The first-order valence-corrected chi connectivity index (χ1v) is 6.49. The van der Waals surface area contributed by atoms with Crippen LogP contribution in [0.4, 0.5) is 0 Å². The molecule has 0 aromatic carbocycles. The van der Waals surface area contributed by atoms with Gasteiger partial charge in [0.2, 0.25) is 0 Å². The molecule has 1 N–H and O–H groups in total. The molecule has 1 aromatic rings. The first kappa shape index (κ1) is 12.5. The molecule has 2 atom stereocenters. The Kier molecular flexibility index (Phi) is 4.13. The second-order valence-electron chi connectivity index (χ2n) is 5.12. The molecule has 1 aromatic heterocycles. The molecule has 3 heteroatoms. The van der Waals surface area contributed by atoms with E-state index in [4.69, 9.17) is 0 Å². The summed E-state index contributed by atoms with van der Waals surface area (Å²) in [4.78, 5) is 6.91. The number of aromatic nitrogens is 1. The Labute approximate surface area is 104 Å². The Balaban J connectivity index is 2.21. The number of pyridine rings is 1. The molecule has 1 saturated heterocycles. The Morgan fingerprint density at radius 1 is 1.47 bits per heavy atom. The van der Waals surface area contributed by atoms with Gasteiger partial charge in [0.15, 0.2) is 0 Å². The average molecular weight is 233 g/mol. The summed E-state index contributed by atoms with van der Waals surface area (Å²) in [5, 5.41) is 3.32. The normalized spacial score (nSPS) is 26.1. The minimum absolute atomic E-state index is 0.518. The molecule has 1 aliphatic rings. The molecule has 0 aliphatic carbocycles. The van der Waals surface area contributed by atoms with Gasteiger partial charge in [-0.3, -0.25) is 9.88 Å². The Morgan fingerprint density at radius 2 is 2.29 bits per heavy atom. The van der Waals surface area contributed by atoms with E-state index in [2.05, 4.69) is 34.4 Å². The molecule has 0 spiro atoms. The van der Waals surface area contributed by atoms with Gasteiger partial charge in [0.05, 0.1) is 0 Å². The molecule has 0 amide bonds. The minimum atomic E-state index is 0.518. The fourth-order valence-electron chi connectivity index (χ4n) is 2.92. The smallest absolute Gasteiger partial charge is 0.0400 e. The summed E-state index contributed by atoms with van der Waals surface area (Å²) in [6.07, 6.45) is 4.66. The van der Waals surface area contributed by atoms with E-state index in [0.29, 0.717) is 12.0 Å². The molecule has 94 valence electrons. The van der Waals surface area contributed by atoms with Crippen LogP contribution in [0.5, 0.6) is 0 Å². The van der Waals surface area contributed by atoms with E-state index < -0.39 is 0 Å². The van der Waals surface area contributed by atoms with E-state index in [-0.39, 0.29) is 0 Å². The molecule has 0 saturated carbocycles. The number of aryl methyl sites for hydroxylation is 1. The van der Waals surface area contributed by atoms with Gasteiger partial charge in [-0.1, -0.05) is 6.07 Å². The van der Waals surface area contributed by atoms with Crippen molar-refractivity contribution >= 4 is 0 Å². The van der Waals surface area contributed by atoms with Gasteiger partial charge >= 0.3 is 0 Å². The average Bonchev–Trinajstić information content (AvgIpc) is 2.32. The molecule has 2 heterocycles. The summed E-state index contributed by atoms with van der Waals surface area (Å²) in [5.41, 5.74) is 2.45. The minimum Gasteiger partial charge on any atom is -0.319 e. The van der Waals surface area contributed by atoms with Crippen LogP contribution in [0.1, 0.15) is 30.1 Å². The molecular formula is C14H23N3. The SMILES string of the molecule is CNCC1CCCN(C)C1c1ccc(C)nc1. The van der Waals surface area contributed by atoms with Crippen LogP contribution in [0, 0.1) is 12.8 Å². The van der Waals surface area contributed by atoms with Crippen LogP contribution in [0.15, 0.2) is 18.3 Å². The number of hydrogen-bond donors (Lipinski definition) is 1. The third-order valence-electron chi connectivity index (χ3n) is 3.75. The third-order valence-corrected chi connectivity index (χ3v) is 3.75. The molecular weight excluding hydrogens is 210 g/mol. The number of nitrogens with zero attached hydrogens (tertiary/aromatic N) is 2. The van der Waals surface area contributed by atoms with Crippen molar-refractivity contribution in [2.24, 2.45) is 5.92 Å². The van der Waals surface area contributed by atoms with Crippen molar-refractivity contribution in [2.45, 2.75) is 25.8 Å². The van der Waals surface area contributed by atoms with Crippen molar-refractivity contribution in [2.75, 3.05) is 27.2 Å². The summed E-state index contributed by atoms with van der Waals surface area (Å²) < 4.78 is 0. The number of hydrogen-bond acceptors (Lipinski definition) is 3. The molecule has 17 heavy (non-hydrogen) atoms. The maximum Gasteiger partial charge on any atom is 0.0400 e. The van der Waals surface area contributed by atoms with E-state index >= 15 is 0 Å². The van der Waals surface area contributed by atoms with E-state index in [9.17, 15) is 0 Å². The molecule has 3 nitrogen and oxygen atoms in total.